The summed E-state index contributed by atoms with van der Waals surface area (Å²) in [5.74, 6) is 0.581. The maximum absolute atomic E-state index is 10.7. The zero-order valence-corrected chi connectivity index (χ0v) is 9.45. The number of aliphatic hydroxyl groups is 1. The van der Waals surface area contributed by atoms with Crippen molar-refractivity contribution in [2.45, 2.75) is 25.3 Å². The molecule has 0 spiro atoms. The smallest absolute Gasteiger partial charge is 0.274 e. The van der Waals surface area contributed by atoms with Gasteiger partial charge in [-0.2, -0.15) is 0 Å². The molecule has 17 heavy (non-hydrogen) atoms. The molecule has 6 nitrogen and oxygen atoms in total. The lowest BCUT2D eigenvalue weighted by Gasteiger charge is -2.35. The van der Waals surface area contributed by atoms with Gasteiger partial charge in [-0.15, -0.1) is 0 Å². The molecule has 1 saturated heterocycles. The quantitative estimate of drug-likeness (QED) is 0.634. The molecule has 6 heteroatoms. The summed E-state index contributed by atoms with van der Waals surface area (Å²) in [6.07, 6.45) is 4.45. The van der Waals surface area contributed by atoms with Gasteiger partial charge in [-0.3, -0.25) is 10.1 Å². The van der Waals surface area contributed by atoms with Gasteiger partial charge < -0.3 is 10.0 Å². The van der Waals surface area contributed by atoms with Crippen molar-refractivity contribution in [3.05, 3.63) is 28.4 Å². The highest BCUT2D eigenvalue weighted by Crippen LogP contribution is 2.25. The topological polar surface area (TPSA) is 79.5 Å². The summed E-state index contributed by atoms with van der Waals surface area (Å²) in [5.41, 5.74) is 0.0391. The van der Waals surface area contributed by atoms with Crippen molar-refractivity contribution in [1.29, 1.82) is 0 Å². The third kappa shape index (κ3) is 2.52. The van der Waals surface area contributed by atoms with Crippen LogP contribution < -0.4 is 4.90 Å². The second-order valence-corrected chi connectivity index (χ2v) is 4.15. The summed E-state index contributed by atoms with van der Waals surface area (Å²) in [4.78, 5) is 16.4. The predicted octanol–water partition coefficient (Wildman–Crippen LogP) is 1.34. The van der Waals surface area contributed by atoms with Crippen LogP contribution in [0.15, 0.2) is 18.3 Å². The zero-order valence-electron chi connectivity index (χ0n) is 9.45. The van der Waals surface area contributed by atoms with Crippen LogP contribution in [0.3, 0.4) is 0 Å². The van der Waals surface area contributed by atoms with Crippen LogP contribution in [0.2, 0.25) is 0 Å². The minimum Gasteiger partial charge on any atom is -0.394 e. The molecule has 0 amide bonds. The molecule has 1 unspecified atom stereocenters. The maximum Gasteiger partial charge on any atom is 0.274 e. The number of nitrogens with zero attached hydrogens (tertiary/aromatic N) is 3. The molecule has 1 atom stereocenters. The van der Waals surface area contributed by atoms with E-state index >= 15 is 0 Å². The summed E-state index contributed by atoms with van der Waals surface area (Å²) in [6, 6.07) is 2.87. The Morgan fingerprint density at radius 1 is 1.59 bits per heavy atom. The van der Waals surface area contributed by atoms with Gasteiger partial charge in [0.25, 0.3) is 5.69 Å². The van der Waals surface area contributed by atoms with Crippen molar-refractivity contribution in [3.8, 4) is 0 Å². The number of hydrogen-bond donors (Lipinski definition) is 1. The minimum atomic E-state index is -0.428. The highest BCUT2D eigenvalue weighted by atomic mass is 16.6. The number of pyridine rings is 1. The fraction of sp³-hybridized carbons (Fsp3) is 0.545. The minimum absolute atomic E-state index is 0.0262. The fourth-order valence-electron chi connectivity index (χ4n) is 2.17. The molecule has 1 N–H and O–H groups in total. The van der Waals surface area contributed by atoms with Crippen molar-refractivity contribution in [1.82, 2.24) is 4.98 Å². The van der Waals surface area contributed by atoms with Crippen LogP contribution in [-0.4, -0.2) is 34.2 Å². The Labute approximate surface area is 99.0 Å². The third-order valence-corrected chi connectivity index (χ3v) is 3.07. The number of nitro groups is 1. The second kappa shape index (κ2) is 5.09. The van der Waals surface area contributed by atoms with E-state index in [-0.39, 0.29) is 18.3 Å². The SMILES string of the molecule is O=[N+]([O-])c1ccnc(N2CCCCC2CO)c1. The summed E-state index contributed by atoms with van der Waals surface area (Å²) in [7, 11) is 0. The highest BCUT2D eigenvalue weighted by Gasteiger charge is 2.23. The summed E-state index contributed by atoms with van der Waals surface area (Å²) < 4.78 is 0. The molecule has 1 aliphatic rings. The number of aromatic nitrogens is 1. The molecule has 0 aliphatic carbocycles. The standard InChI is InChI=1S/C11H15N3O3/c15-8-10-3-1-2-6-13(10)11-7-9(14(16)17)4-5-12-11/h4-5,7,10,15H,1-3,6,8H2. The maximum atomic E-state index is 10.7. The van der Waals surface area contributed by atoms with E-state index < -0.39 is 4.92 Å². The first-order valence-corrected chi connectivity index (χ1v) is 5.70. The molecule has 1 aliphatic heterocycles. The molecule has 0 bridgehead atoms. The van der Waals surface area contributed by atoms with Gasteiger partial charge in [-0.25, -0.2) is 4.98 Å². The van der Waals surface area contributed by atoms with Crippen LogP contribution >= 0.6 is 0 Å². The van der Waals surface area contributed by atoms with E-state index in [1.54, 1.807) is 0 Å². The van der Waals surface area contributed by atoms with E-state index in [1.165, 1.54) is 18.3 Å². The van der Waals surface area contributed by atoms with Gasteiger partial charge in [0.05, 0.1) is 23.6 Å². The molecule has 0 saturated carbocycles. The molecule has 1 aromatic rings. The van der Waals surface area contributed by atoms with Crippen LogP contribution in [-0.2, 0) is 0 Å². The Morgan fingerprint density at radius 3 is 3.12 bits per heavy atom. The van der Waals surface area contributed by atoms with Crippen LogP contribution in [0.5, 0.6) is 0 Å². The molecular formula is C11H15N3O3. The Morgan fingerprint density at radius 2 is 2.41 bits per heavy atom. The Hall–Kier alpha value is -1.69. The molecule has 2 rings (SSSR count). The largest absolute Gasteiger partial charge is 0.394 e. The van der Waals surface area contributed by atoms with Crippen molar-refractivity contribution in [2.75, 3.05) is 18.1 Å². The highest BCUT2D eigenvalue weighted by molar-refractivity contribution is 5.47. The van der Waals surface area contributed by atoms with Crippen LogP contribution in [0.4, 0.5) is 11.5 Å². The molecule has 0 radical (unpaired) electrons. The van der Waals surface area contributed by atoms with Crippen molar-refractivity contribution < 1.29 is 10.0 Å². The first kappa shape index (κ1) is 11.8. The van der Waals surface area contributed by atoms with E-state index in [9.17, 15) is 15.2 Å². The van der Waals surface area contributed by atoms with Crippen molar-refractivity contribution >= 4 is 11.5 Å². The van der Waals surface area contributed by atoms with Gasteiger partial charge in [0, 0.05) is 18.8 Å². The number of hydrogen-bond acceptors (Lipinski definition) is 5. The fourth-order valence-corrected chi connectivity index (χ4v) is 2.17. The Bertz CT molecular complexity index is 411. The molecule has 92 valence electrons. The monoisotopic (exact) mass is 237 g/mol. The Kier molecular flexibility index (Phi) is 3.53. The van der Waals surface area contributed by atoms with Crippen LogP contribution in [0, 0.1) is 10.1 Å². The van der Waals surface area contributed by atoms with E-state index in [0.717, 1.165) is 25.8 Å². The lowest BCUT2D eigenvalue weighted by Crippen LogP contribution is -2.42. The second-order valence-electron chi connectivity index (χ2n) is 4.15. The van der Waals surface area contributed by atoms with Crippen LogP contribution in [0.1, 0.15) is 19.3 Å². The van der Waals surface area contributed by atoms with Crippen LogP contribution in [0.25, 0.3) is 0 Å². The molecule has 0 aromatic carbocycles. The van der Waals surface area contributed by atoms with Gasteiger partial charge in [0.2, 0.25) is 0 Å². The zero-order chi connectivity index (χ0) is 12.3. The lowest BCUT2D eigenvalue weighted by molar-refractivity contribution is -0.384. The average Bonchev–Trinajstić information content (AvgIpc) is 2.39. The predicted molar refractivity (Wildman–Crippen MR) is 63.0 cm³/mol. The van der Waals surface area contributed by atoms with Gasteiger partial charge in [-0.1, -0.05) is 0 Å². The van der Waals surface area contributed by atoms with Gasteiger partial charge >= 0.3 is 0 Å². The van der Waals surface area contributed by atoms with E-state index in [1.807, 2.05) is 4.90 Å². The molecule has 2 heterocycles. The summed E-state index contributed by atoms with van der Waals surface area (Å²) in [5, 5.41) is 20.0. The first-order chi connectivity index (χ1) is 8.22. The molecular weight excluding hydrogens is 222 g/mol. The lowest BCUT2D eigenvalue weighted by atomic mass is 10.0. The van der Waals surface area contributed by atoms with Crippen molar-refractivity contribution in [2.24, 2.45) is 0 Å². The van der Waals surface area contributed by atoms with Gasteiger partial charge in [-0.05, 0) is 19.3 Å². The third-order valence-electron chi connectivity index (χ3n) is 3.07. The summed E-state index contributed by atoms with van der Waals surface area (Å²) >= 11 is 0. The average molecular weight is 237 g/mol. The Balaban J connectivity index is 2.25. The van der Waals surface area contributed by atoms with Gasteiger partial charge in [0.15, 0.2) is 0 Å². The van der Waals surface area contributed by atoms with Gasteiger partial charge in [0.1, 0.15) is 5.82 Å². The number of anilines is 1. The van der Waals surface area contributed by atoms with E-state index in [4.69, 9.17) is 0 Å². The number of aliphatic hydroxyl groups excluding tert-OH is 1. The summed E-state index contributed by atoms with van der Waals surface area (Å²) in [6.45, 7) is 0.851. The molecule has 1 aromatic heterocycles. The first-order valence-electron chi connectivity index (χ1n) is 5.70. The van der Waals surface area contributed by atoms with E-state index in [2.05, 4.69) is 4.98 Å². The molecule has 1 fully saturated rings. The number of piperidine rings is 1. The van der Waals surface area contributed by atoms with Crippen molar-refractivity contribution in [3.63, 3.8) is 0 Å². The number of rotatable bonds is 3. The normalized spacial score (nSPS) is 20.3. The van der Waals surface area contributed by atoms with E-state index in [0.29, 0.717) is 5.82 Å².